The molecule has 2 aromatic rings. The summed E-state index contributed by atoms with van der Waals surface area (Å²) in [5, 5.41) is 0. The zero-order chi connectivity index (χ0) is 13.7. The van der Waals surface area contributed by atoms with Gasteiger partial charge in [-0.25, -0.2) is 0 Å². The van der Waals surface area contributed by atoms with Gasteiger partial charge in [-0.3, -0.25) is 4.57 Å². The number of methoxy groups -OCH3 is 1. The highest BCUT2D eigenvalue weighted by Gasteiger charge is 2.36. The zero-order valence-corrected chi connectivity index (χ0v) is 12.3. The third kappa shape index (κ3) is 1.78. The van der Waals surface area contributed by atoms with E-state index in [2.05, 4.69) is 19.4 Å². The van der Waals surface area contributed by atoms with E-state index in [1.165, 1.54) is 25.9 Å². The van der Waals surface area contributed by atoms with Crippen molar-refractivity contribution in [2.45, 2.75) is 18.9 Å². The van der Waals surface area contributed by atoms with Gasteiger partial charge in [-0.1, -0.05) is 0 Å². The Balaban J connectivity index is 1.86. The molecule has 0 spiro atoms. The van der Waals surface area contributed by atoms with Crippen LogP contribution in [0.2, 0.25) is 0 Å². The summed E-state index contributed by atoms with van der Waals surface area (Å²) in [5.74, 6) is 1.36. The molecule has 3 fully saturated rings. The number of hydrogen-bond acceptors (Lipinski definition) is 4. The minimum atomic E-state index is 0.443. The number of nitrogens with zero attached hydrogens (tertiary/aromatic N) is 3. The molecule has 20 heavy (non-hydrogen) atoms. The lowest BCUT2D eigenvalue weighted by Gasteiger charge is -2.45. The van der Waals surface area contributed by atoms with Crippen LogP contribution in [0, 0.1) is 10.7 Å². The van der Waals surface area contributed by atoms with Crippen molar-refractivity contribution in [2.75, 3.05) is 26.7 Å². The van der Waals surface area contributed by atoms with Crippen LogP contribution < -0.4 is 4.74 Å². The monoisotopic (exact) mass is 290 g/mol. The second-order valence-electron chi connectivity index (χ2n) is 5.73. The molecule has 5 rings (SSSR count). The summed E-state index contributed by atoms with van der Waals surface area (Å²) in [6.07, 6.45) is 2.53. The summed E-state index contributed by atoms with van der Waals surface area (Å²) in [7, 11) is 1.65. The van der Waals surface area contributed by atoms with Crippen molar-refractivity contribution in [3.8, 4) is 5.88 Å². The van der Waals surface area contributed by atoms with Gasteiger partial charge in [0.05, 0.1) is 18.7 Å². The first kappa shape index (κ1) is 12.3. The quantitative estimate of drug-likeness (QED) is 0.863. The van der Waals surface area contributed by atoms with Gasteiger partial charge in [-0.2, -0.15) is 4.98 Å². The van der Waals surface area contributed by atoms with Crippen molar-refractivity contribution in [3.63, 3.8) is 0 Å². The average Bonchev–Trinajstić information content (AvgIpc) is 2.83. The molecule has 0 aromatic carbocycles. The van der Waals surface area contributed by atoms with Crippen LogP contribution in [0.15, 0.2) is 12.1 Å². The molecule has 1 unspecified atom stereocenters. The number of ether oxygens (including phenoxy) is 1. The predicted octanol–water partition coefficient (Wildman–Crippen LogP) is 2.37. The van der Waals surface area contributed by atoms with Gasteiger partial charge in [0.2, 0.25) is 5.88 Å². The zero-order valence-electron chi connectivity index (χ0n) is 11.5. The molecule has 3 aliphatic rings. The number of fused-ring (bicyclic) bond motifs is 4. The number of aromatic nitrogens is 3. The highest BCUT2D eigenvalue weighted by Crippen LogP contribution is 2.37. The predicted molar refractivity (Wildman–Crippen MR) is 79.7 cm³/mol. The Bertz CT molecular complexity index is 699. The SMILES string of the molecule is COc1ccc2[nH]c(=S)n(C3CN4CCC3CC4)c2n1. The van der Waals surface area contributed by atoms with E-state index >= 15 is 0 Å². The summed E-state index contributed by atoms with van der Waals surface area (Å²) in [4.78, 5) is 10.4. The Labute approximate surface area is 122 Å². The van der Waals surface area contributed by atoms with E-state index in [9.17, 15) is 0 Å². The Morgan fingerprint density at radius 3 is 2.80 bits per heavy atom. The summed E-state index contributed by atoms with van der Waals surface area (Å²) in [6, 6.07) is 4.31. The van der Waals surface area contributed by atoms with Gasteiger partial charge in [-0.05, 0) is 50.1 Å². The highest BCUT2D eigenvalue weighted by atomic mass is 32.1. The van der Waals surface area contributed by atoms with Crippen LogP contribution >= 0.6 is 12.2 Å². The highest BCUT2D eigenvalue weighted by molar-refractivity contribution is 7.71. The molecule has 6 heteroatoms. The number of pyridine rings is 1. The first-order chi connectivity index (χ1) is 9.76. The summed E-state index contributed by atoms with van der Waals surface area (Å²) < 4.78 is 8.24. The normalized spacial score (nSPS) is 28.9. The molecule has 0 saturated carbocycles. The molecule has 0 aliphatic carbocycles. The first-order valence-corrected chi connectivity index (χ1v) is 7.54. The number of aromatic amines is 1. The summed E-state index contributed by atoms with van der Waals surface area (Å²) in [6.45, 7) is 3.55. The largest absolute Gasteiger partial charge is 0.481 e. The van der Waals surface area contributed by atoms with Gasteiger partial charge in [0.1, 0.15) is 0 Å². The fourth-order valence-corrected chi connectivity index (χ4v) is 3.96. The topological polar surface area (TPSA) is 46.1 Å². The van der Waals surface area contributed by atoms with Gasteiger partial charge in [-0.15, -0.1) is 0 Å². The van der Waals surface area contributed by atoms with Crippen molar-refractivity contribution in [1.82, 2.24) is 19.4 Å². The van der Waals surface area contributed by atoms with Crippen molar-refractivity contribution in [2.24, 2.45) is 5.92 Å². The Hall–Kier alpha value is -1.40. The standard InChI is InChI=1S/C14H18N4OS/c1-19-12-3-2-10-13(16-12)18(14(20)15-10)11-8-17-6-4-9(11)5-7-17/h2-3,9,11H,4-8H2,1H3,(H,15,20). The van der Waals surface area contributed by atoms with Crippen molar-refractivity contribution >= 4 is 23.4 Å². The Morgan fingerprint density at radius 2 is 2.15 bits per heavy atom. The molecule has 5 heterocycles. The van der Waals surface area contributed by atoms with Crippen molar-refractivity contribution in [1.29, 1.82) is 0 Å². The summed E-state index contributed by atoms with van der Waals surface area (Å²) in [5.41, 5.74) is 1.92. The first-order valence-electron chi connectivity index (χ1n) is 7.14. The maximum absolute atomic E-state index is 5.54. The maximum Gasteiger partial charge on any atom is 0.215 e. The molecule has 2 aromatic heterocycles. The molecule has 5 nitrogen and oxygen atoms in total. The molecule has 0 amide bonds. The maximum atomic E-state index is 5.54. The minimum Gasteiger partial charge on any atom is -0.481 e. The third-order valence-corrected chi connectivity index (χ3v) is 5.00. The van der Waals surface area contributed by atoms with Gasteiger partial charge >= 0.3 is 0 Å². The Kier molecular flexibility index (Phi) is 2.82. The lowest BCUT2D eigenvalue weighted by molar-refractivity contribution is 0.0580. The van der Waals surface area contributed by atoms with E-state index in [0.29, 0.717) is 11.9 Å². The smallest absolute Gasteiger partial charge is 0.215 e. The van der Waals surface area contributed by atoms with E-state index in [1.807, 2.05) is 12.1 Å². The number of H-pyrrole nitrogens is 1. The lowest BCUT2D eigenvalue weighted by Crippen LogP contribution is -2.48. The van der Waals surface area contributed by atoms with Crippen LogP contribution in [0.1, 0.15) is 18.9 Å². The van der Waals surface area contributed by atoms with Crippen LogP contribution in [0.5, 0.6) is 5.88 Å². The molecular weight excluding hydrogens is 272 g/mol. The van der Waals surface area contributed by atoms with Crippen molar-refractivity contribution in [3.05, 3.63) is 16.9 Å². The second-order valence-corrected chi connectivity index (χ2v) is 6.12. The third-order valence-electron chi connectivity index (χ3n) is 4.70. The number of piperidine rings is 3. The van der Waals surface area contributed by atoms with E-state index in [1.54, 1.807) is 7.11 Å². The fourth-order valence-electron chi connectivity index (χ4n) is 3.63. The number of nitrogens with one attached hydrogen (secondary N) is 1. The Morgan fingerprint density at radius 1 is 1.35 bits per heavy atom. The van der Waals surface area contributed by atoms with Gasteiger partial charge in [0, 0.05) is 12.6 Å². The van der Waals surface area contributed by atoms with Crippen LogP contribution in [-0.2, 0) is 0 Å². The van der Waals surface area contributed by atoms with Gasteiger partial charge in [0.25, 0.3) is 0 Å². The minimum absolute atomic E-state index is 0.443. The van der Waals surface area contributed by atoms with Crippen LogP contribution in [0.25, 0.3) is 11.2 Å². The van der Waals surface area contributed by atoms with E-state index in [4.69, 9.17) is 17.0 Å². The molecule has 0 radical (unpaired) electrons. The number of hydrogen-bond donors (Lipinski definition) is 1. The van der Waals surface area contributed by atoms with Crippen LogP contribution in [0.4, 0.5) is 0 Å². The summed E-state index contributed by atoms with van der Waals surface area (Å²) >= 11 is 5.54. The van der Waals surface area contributed by atoms with E-state index in [-0.39, 0.29) is 0 Å². The average molecular weight is 290 g/mol. The van der Waals surface area contributed by atoms with Gasteiger partial charge in [0.15, 0.2) is 10.4 Å². The lowest BCUT2D eigenvalue weighted by atomic mass is 9.84. The molecule has 1 atom stereocenters. The molecule has 2 bridgehead atoms. The molecule has 3 aliphatic heterocycles. The fraction of sp³-hybridized carbons (Fsp3) is 0.571. The molecule has 106 valence electrons. The molecule has 3 saturated heterocycles. The van der Waals surface area contributed by atoms with Crippen LogP contribution in [0.3, 0.4) is 0 Å². The molecule has 1 N–H and O–H groups in total. The van der Waals surface area contributed by atoms with Crippen molar-refractivity contribution < 1.29 is 4.74 Å². The van der Waals surface area contributed by atoms with Gasteiger partial charge < -0.3 is 14.6 Å². The number of imidazole rings is 1. The second kappa shape index (κ2) is 4.56. The van der Waals surface area contributed by atoms with E-state index < -0.39 is 0 Å². The van der Waals surface area contributed by atoms with E-state index in [0.717, 1.165) is 28.4 Å². The number of rotatable bonds is 2. The van der Waals surface area contributed by atoms with Crippen LogP contribution in [-0.4, -0.2) is 46.2 Å². The molecular formula is C14H18N4OS.